The summed E-state index contributed by atoms with van der Waals surface area (Å²) in [6.07, 6.45) is -0.0445. The van der Waals surface area contributed by atoms with Gasteiger partial charge in [0.15, 0.2) is 5.17 Å². The van der Waals surface area contributed by atoms with Gasteiger partial charge in [0.05, 0.1) is 24.9 Å². The van der Waals surface area contributed by atoms with Gasteiger partial charge in [0.25, 0.3) is 0 Å². The van der Waals surface area contributed by atoms with E-state index >= 15 is 0 Å². The molecule has 3 aromatic carbocycles. The Hall–Kier alpha value is -4.11. The van der Waals surface area contributed by atoms with Crippen molar-refractivity contribution in [1.82, 2.24) is 4.90 Å². The number of aromatic carboxylic acids is 1. The van der Waals surface area contributed by atoms with Gasteiger partial charge in [-0.25, -0.2) is 9.79 Å². The number of nitrogens with zero attached hydrogens (tertiary/aromatic N) is 2. The average molecular weight is 490 g/mol. The number of anilines is 1. The fraction of sp³-hybridized carbons (Fsp3) is 0.154. The van der Waals surface area contributed by atoms with Crippen LogP contribution in [-0.2, 0) is 16.1 Å². The van der Waals surface area contributed by atoms with Crippen LogP contribution in [0.1, 0.15) is 22.3 Å². The first-order valence-corrected chi connectivity index (χ1v) is 11.7. The molecule has 0 unspecified atom stereocenters. The van der Waals surface area contributed by atoms with Crippen LogP contribution in [0.3, 0.4) is 0 Å². The van der Waals surface area contributed by atoms with E-state index < -0.39 is 11.2 Å². The summed E-state index contributed by atoms with van der Waals surface area (Å²) < 4.78 is 5.19. The summed E-state index contributed by atoms with van der Waals surface area (Å²) in [6, 6.07) is 22.6. The topological polar surface area (TPSA) is 108 Å². The zero-order valence-corrected chi connectivity index (χ0v) is 19.7. The number of rotatable bonds is 8. The molecule has 0 aromatic heterocycles. The van der Waals surface area contributed by atoms with Gasteiger partial charge in [0, 0.05) is 12.1 Å². The van der Waals surface area contributed by atoms with Gasteiger partial charge in [-0.1, -0.05) is 42.1 Å². The maximum atomic E-state index is 13.3. The highest BCUT2D eigenvalue weighted by Crippen LogP contribution is 2.33. The van der Waals surface area contributed by atoms with Gasteiger partial charge in [0.1, 0.15) is 11.0 Å². The third-order valence-corrected chi connectivity index (χ3v) is 6.46. The molecule has 0 saturated carbocycles. The van der Waals surface area contributed by atoms with Crippen LogP contribution in [0.25, 0.3) is 0 Å². The van der Waals surface area contributed by atoms with E-state index in [0.717, 1.165) is 5.56 Å². The highest BCUT2D eigenvalue weighted by atomic mass is 32.2. The Morgan fingerprint density at radius 1 is 1.03 bits per heavy atom. The number of hydrogen-bond donors (Lipinski definition) is 2. The molecular formula is C26H23N3O5S. The monoisotopic (exact) mass is 489 g/mol. The first kappa shape index (κ1) is 24.0. The molecule has 0 bridgehead atoms. The second kappa shape index (κ2) is 10.9. The Morgan fingerprint density at radius 2 is 1.71 bits per heavy atom. The smallest absolute Gasteiger partial charge is 0.335 e. The minimum absolute atomic E-state index is 0.0445. The van der Waals surface area contributed by atoms with Crippen LogP contribution in [0, 0.1) is 0 Å². The minimum Gasteiger partial charge on any atom is -0.497 e. The van der Waals surface area contributed by atoms with Crippen molar-refractivity contribution in [1.29, 1.82) is 0 Å². The number of nitrogens with one attached hydrogen (secondary N) is 1. The van der Waals surface area contributed by atoms with Crippen LogP contribution >= 0.6 is 11.8 Å². The van der Waals surface area contributed by atoms with Crippen LogP contribution in [0.15, 0.2) is 83.9 Å². The highest BCUT2D eigenvalue weighted by Gasteiger charge is 2.39. The molecular weight excluding hydrogens is 466 g/mol. The molecule has 9 heteroatoms. The van der Waals surface area contributed by atoms with Crippen molar-refractivity contribution in [2.24, 2.45) is 4.99 Å². The zero-order chi connectivity index (χ0) is 24.8. The number of carboxylic acid groups (broad SMARTS) is 1. The molecule has 1 fully saturated rings. The Morgan fingerprint density at radius 3 is 2.34 bits per heavy atom. The van der Waals surface area contributed by atoms with Crippen LogP contribution in [0.5, 0.6) is 5.75 Å². The Kier molecular flexibility index (Phi) is 7.47. The number of thioether (sulfide) groups is 1. The maximum absolute atomic E-state index is 13.3. The van der Waals surface area contributed by atoms with E-state index in [4.69, 9.17) is 9.84 Å². The van der Waals surface area contributed by atoms with Crippen molar-refractivity contribution in [3.8, 4) is 5.75 Å². The highest BCUT2D eigenvalue weighted by molar-refractivity contribution is 8.15. The van der Waals surface area contributed by atoms with Crippen molar-refractivity contribution in [3.05, 3.63) is 90.0 Å². The van der Waals surface area contributed by atoms with Crippen molar-refractivity contribution in [2.75, 3.05) is 12.4 Å². The largest absolute Gasteiger partial charge is 0.497 e. The number of amidine groups is 1. The predicted molar refractivity (Wildman–Crippen MR) is 135 cm³/mol. The van der Waals surface area contributed by atoms with Gasteiger partial charge < -0.3 is 15.2 Å². The van der Waals surface area contributed by atoms with E-state index in [9.17, 15) is 14.4 Å². The SMILES string of the molecule is COc1ccc(N=C2S[C@@H](CC(=O)Nc3ccc(C(=O)O)cc3)C(=O)N2Cc2ccccc2)cc1. The molecule has 178 valence electrons. The first-order chi connectivity index (χ1) is 16.9. The van der Waals surface area contributed by atoms with Crippen molar-refractivity contribution in [3.63, 3.8) is 0 Å². The minimum atomic E-state index is -1.04. The van der Waals surface area contributed by atoms with Crippen LogP contribution in [0.4, 0.5) is 11.4 Å². The fourth-order valence-electron chi connectivity index (χ4n) is 3.48. The van der Waals surface area contributed by atoms with Crippen molar-refractivity contribution in [2.45, 2.75) is 18.2 Å². The summed E-state index contributed by atoms with van der Waals surface area (Å²) in [4.78, 5) is 43.2. The summed E-state index contributed by atoms with van der Waals surface area (Å²) in [5.41, 5.74) is 2.21. The number of carbonyl (C=O) groups is 3. The number of carboxylic acids is 1. The lowest BCUT2D eigenvalue weighted by atomic mass is 10.2. The maximum Gasteiger partial charge on any atom is 0.335 e. The quantitative estimate of drug-likeness (QED) is 0.480. The van der Waals surface area contributed by atoms with Gasteiger partial charge in [0.2, 0.25) is 11.8 Å². The number of amides is 2. The summed E-state index contributed by atoms with van der Waals surface area (Å²) in [5.74, 6) is -0.874. The number of methoxy groups -OCH3 is 1. The lowest BCUT2D eigenvalue weighted by molar-refractivity contribution is -0.128. The molecule has 35 heavy (non-hydrogen) atoms. The van der Waals surface area contributed by atoms with Crippen LogP contribution in [-0.4, -0.2) is 45.3 Å². The van der Waals surface area contributed by atoms with E-state index in [0.29, 0.717) is 28.8 Å². The molecule has 3 aromatic rings. The number of carbonyl (C=O) groups excluding carboxylic acids is 2. The summed E-state index contributed by atoms with van der Waals surface area (Å²) in [5, 5.41) is 11.6. The first-order valence-electron chi connectivity index (χ1n) is 10.8. The van der Waals surface area contributed by atoms with Crippen molar-refractivity contribution >= 4 is 46.1 Å². The molecule has 1 heterocycles. The Bertz CT molecular complexity index is 1240. The molecule has 1 atom stereocenters. The molecule has 1 aliphatic rings. The summed E-state index contributed by atoms with van der Waals surface area (Å²) >= 11 is 1.25. The standard InChI is InChI=1S/C26H23N3O5S/c1-34-21-13-11-20(12-14-21)28-26-29(16-17-5-3-2-4-6-17)24(31)22(35-26)15-23(30)27-19-9-7-18(8-10-19)25(32)33/h2-14,22H,15-16H2,1H3,(H,27,30)(H,32,33)/t22-/m0/s1. The number of aliphatic imine (C=N–C) groups is 1. The second-order valence-corrected chi connectivity index (χ2v) is 8.91. The molecule has 4 rings (SSSR count). The number of benzene rings is 3. The average Bonchev–Trinajstić information content (AvgIpc) is 3.14. The summed E-state index contributed by atoms with van der Waals surface area (Å²) in [6.45, 7) is 0.344. The van der Waals surface area contributed by atoms with Crippen molar-refractivity contribution < 1.29 is 24.2 Å². The molecule has 0 spiro atoms. The van der Waals surface area contributed by atoms with Crippen LogP contribution in [0.2, 0.25) is 0 Å². The third kappa shape index (κ3) is 6.07. The zero-order valence-electron chi connectivity index (χ0n) is 18.9. The second-order valence-electron chi connectivity index (χ2n) is 7.74. The normalized spacial score (nSPS) is 16.4. The lowest BCUT2D eigenvalue weighted by Gasteiger charge is -2.16. The molecule has 2 N–H and O–H groups in total. The van der Waals surface area contributed by atoms with E-state index in [1.54, 1.807) is 36.3 Å². The predicted octanol–water partition coefficient (Wildman–Crippen LogP) is 4.55. The van der Waals surface area contributed by atoms with Gasteiger partial charge in [-0.05, 0) is 54.1 Å². The van der Waals surface area contributed by atoms with Gasteiger partial charge in [-0.3, -0.25) is 14.5 Å². The molecule has 2 amide bonds. The van der Waals surface area contributed by atoms with Gasteiger partial charge in [-0.2, -0.15) is 0 Å². The van der Waals surface area contributed by atoms with Crippen LogP contribution < -0.4 is 10.1 Å². The van der Waals surface area contributed by atoms with E-state index in [2.05, 4.69) is 10.3 Å². The Labute approximate surface area is 206 Å². The number of hydrogen-bond acceptors (Lipinski definition) is 6. The number of ether oxygens (including phenoxy) is 1. The third-order valence-electron chi connectivity index (χ3n) is 5.29. The molecule has 8 nitrogen and oxygen atoms in total. The van der Waals surface area contributed by atoms with Gasteiger partial charge in [-0.15, -0.1) is 0 Å². The van der Waals surface area contributed by atoms with E-state index in [-0.39, 0.29) is 23.8 Å². The molecule has 1 aliphatic heterocycles. The van der Waals surface area contributed by atoms with Gasteiger partial charge >= 0.3 is 5.97 Å². The summed E-state index contributed by atoms with van der Waals surface area (Å²) in [7, 11) is 1.59. The molecule has 1 saturated heterocycles. The van der Waals surface area contributed by atoms with E-state index in [1.807, 2.05) is 30.3 Å². The lowest BCUT2D eigenvalue weighted by Crippen LogP contribution is -2.33. The fourth-order valence-corrected chi connectivity index (χ4v) is 4.64. The van der Waals surface area contributed by atoms with E-state index in [1.165, 1.54) is 36.0 Å². The molecule has 0 aliphatic carbocycles. The Balaban J connectivity index is 1.51. The molecule has 0 radical (unpaired) electrons.